The molecule has 0 spiro atoms. The van der Waals surface area contributed by atoms with Crippen molar-refractivity contribution in [3.63, 3.8) is 0 Å². The summed E-state index contributed by atoms with van der Waals surface area (Å²) in [7, 11) is 1.89. The Morgan fingerprint density at radius 3 is 3.00 bits per heavy atom. The van der Waals surface area contributed by atoms with Crippen LogP contribution < -0.4 is 11.1 Å². The number of rotatable bonds is 7. The Bertz CT molecular complexity index is 323. The normalized spacial score (nSPS) is 10.4. The molecule has 0 bridgehead atoms. The molecular weight excluding hydrogens is 206 g/mol. The number of hydrogen-bond acceptors (Lipinski definition) is 4. The average molecular weight is 225 g/mol. The first kappa shape index (κ1) is 12.6. The van der Waals surface area contributed by atoms with E-state index in [9.17, 15) is 4.79 Å². The number of aryl methyl sites for hydroxylation is 1. The second kappa shape index (κ2) is 6.95. The Morgan fingerprint density at radius 1 is 1.56 bits per heavy atom. The molecule has 1 amide bonds. The lowest BCUT2D eigenvalue weighted by Gasteiger charge is -2.04. The van der Waals surface area contributed by atoms with E-state index in [4.69, 9.17) is 5.73 Å². The largest absolute Gasteiger partial charge is 0.356 e. The summed E-state index contributed by atoms with van der Waals surface area (Å²) in [5.41, 5.74) is 5.35. The first-order valence-electron chi connectivity index (χ1n) is 5.53. The minimum Gasteiger partial charge on any atom is -0.356 e. The third kappa shape index (κ3) is 4.39. The Labute approximate surface area is 95.2 Å². The molecule has 0 aliphatic carbocycles. The summed E-state index contributed by atoms with van der Waals surface area (Å²) in [6.07, 6.45) is 4.66. The molecule has 0 saturated carbocycles. The highest BCUT2D eigenvalue weighted by molar-refractivity contribution is 5.75. The summed E-state index contributed by atoms with van der Waals surface area (Å²) >= 11 is 0. The minimum absolute atomic E-state index is 0.0793. The van der Waals surface area contributed by atoms with Crippen molar-refractivity contribution < 1.29 is 4.79 Å². The smallest absolute Gasteiger partial charge is 0.220 e. The van der Waals surface area contributed by atoms with E-state index < -0.39 is 0 Å². The maximum Gasteiger partial charge on any atom is 0.220 e. The number of unbranched alkanes of at least 4 members (excludes halogenated alkanes) is 1. The first-order chi connectivity index (χ1) is 7.74. The van der Waals surface area contributed by atoms with Gasteiger partial charge in [0.25, 0.3) is 0 Å². The minimum atomic E-state index is 0.0793. The molecule has 0 aliphatic heterocycles. The fraction of sp³-hybridized carbons (Fsp3) is 0.700. The average Bonchev–Trinajstić information content (AvgIpc) is 2.65. The second-order valence-electron chi connectivity index (χ2n) is 3.70. The second-order valence-corrected chi connectivity index (χ2v) is 3.70. The Morgan fingerprint density at radius 2 is 2.38 bits per heavy atom. The fourth-order valence-corrected chi connectivity index (χ4v) is 1.37. The van der Waals surface area contributed by atoms with E-state index in [1.165, 1.54) is 0 Å². The van der Waals surface area contributed by atoms with E-state index in [0.29, 0.717) is 25.9 Å². The van der Waals surface area contributed by atoms with Crippen LogP contribution in [0.15, 0.2) is 6.33 Å². The third-order valence-corrected chi connectivity index (χ3v) is 2.33. The van der Waals surface area contributed by atoms with Crippen LogP contribution in [0.3, 0.4) is 0 Å². The zero-order valence-corrected chi connectivity index (χ0v) is 9.65. The molecule has 0 aliphatic rings. The summed E-state index contributed by atoms with van der Waals surface area (Å²) in [5, 5.41) is 10.5. The predicted molar refractivity (Wildman–Crippen MR) is 60.6 cm³/mol. The number of nitrogens with zero attached hydrogens (tertiary/aromatic N) is 3. The van der Waals surface area contributed by atoms with Crippen molar-refractivity contribution in [3.05, 3.63) is 12.2 Å². The van der Waals surface area contributed by atoms with Crippen LogP contribution in [0.4, 0.5) is 0 Å². The molecule has 6 nitrogen and oxygen atoms in total. The van der Waals surface area contributed by atoms with E-state index in [2.05, 4.69) is 15.5 Å². The van der Waals surface area contributed by atoms with Crippen LogP contribution in [0, 0.1) is 0 Å². The molecule has 1 heterocycles. The van der Waals surface area contributed by atoms with Crippen LogP contribution in [-0.4, -0.2) is 33.8 Å². The van der Waals surface area contributed by atoms with Crippen molar-refractivity contribution in [1.29, 1.82) is 0 Å². The molecule has 0 aromatic carbocycles. The number of hydrogen-bond donors (Lipinski definition) is 2. The van der Waals surface area contributed by atoms with Gasteiger partial charge < -0.3 is 15.6 Å². The van der Waals surface area contributed by atoms with Crippen LogP contribution in [0.5, 0.6) is 0 Å². The van der Waals surface area contributed by atoms with Gasteiger partial charge in [0, 0.05) is 26.4 Å². The lowest BCUT2D eigenvalue weighted by molar-refractivity contribution is -0.121. The van der Waals surface area contributed by atoms with Gasteiger partial charge in [-0.15, -0.1) is 10.2 Å². The molecule has 1 aromatic rings. The van der Waals surface area contributed by atoms with Gasteiger partial charge in [-0.05, 0) is 19.4 Å². The molecule has 0 saturated heterocycles. The zero-order chi connectivity index (χ0) is 11.8. The zero-order valence-electron chi connectivity index (χ0n) is 9.65. The van der Waals surface area contributed by atoms with Crippen molar-refractivity contribution in [1.82, 2.24) is 20.1 Å². The Kier molecular flexibility index (Phi) is 5.49. The van der Waals surface area contributed by atoms with Gasteiger partial charge >= 0.3 is 0 Å². The number of aromatic nitrogens is 3. The van der Waals surface area contributed by atoms with Crippen molar-refractivity contribution in [3.8, 4) is 0 Å². The highest BCUT2D eigenvalue weighted by atomic mass is 16.1. The fourth-order valence-electron chi connectivity index (χ4n) is 1.37. The van der Waals surface area contributed by atoms with Crippen LogP contribution in [0.25, 0.3) is 0 Å². The third-order valence-electron chi connectivity index (χ3n) is 2.33. The summed E-state index contributed by atoms with van der Waals surface area (Å²) in [4.78, 5) is 11.3. The molecule has 6 heteroatoms. The molecular formula is C10H19N5O. The van der Waals surface area contributed by atoms with Gasteiger partial charge in [0.15, 0.2) is 0 Å². The molecule has 0 atom stereocenters. The van der Waals surface area contributed by atoms with Crippen LogP contribution in [0.2, 0.25) is 0 Å². The summed E-state index contributed by atoms with van der Waals surface area (Å²) in [6, 6.07) is 0. The summed E-state index contributed by atoms with van der Waals surface area (Å²) < 4.78 is 1.85. The molecule has 90 valence electrons. The quantitative estimate of drug-likeness (QED) is 0.618. The van der Waals surface area contributed by atoms with Crippen molar-refractivity contribution in [2.45, 2.75) is 25.7 Å². The van der Waals surface area contributed by atoms with E-state index in [1.807, 2.05) is 11.6 Å². The number of nitrogens with two attached hydrogens (primary N) is 1. The maximum atomic E-state index is 11.3. The molecule has 1 aromatic heterocycles. The van der Waals surface area contributed by atoms with Gasteiger partial charge in [-0.2, -0.15) is 0 Å². The summed E-state index contributed by atoms with van der Waals surface area (Å²) in [6.45, 7) is 1.25. The molecule has 0 unspecified atom stereocenters. The highest BCUT2D eigenvalue weighted by Crippen LogP contribution is 1.94. The topological polar surface area (TPSA) is 85.8 Å². The molecule has 3 N–H and O–H groups in total. The molecule has 0 fully saturated rings. The predicted octanol–water partition coefficient (Wildman–Crippen LogP) is -0.397. The number of nitrogens with one attached hydrogen (secondary N) is 1. The lowest BCUT2D eigenvalue weighted by Crippen LogP contribution is -2.26. The van der Waals surface area contributed by atoms with Gasteiger partial charge in [-0.3, -0.25) is 4.79 Å². The first-order valence-corrected chi connectivity index (χ1v) is 5.53. The Balaban J connectivity index is 2.11. The van der Waals surface area contributed by atoms with Crippen LogP contribution in [0.1, 0.15) is 25.1 Å². The van der Waals surface area contributed by atoms with E-state index in [-0.39, 0.29) is 5.91 Å². The molecule has 1 rings (SSSR count). The van der Waals surface area contributed by atoms with Crippen LogP contribution in [-0.2, 0) is 18.3 Å². The number of amides is 1. The van der Waals surface area contributed by atoms with Gasteiger partial charge in [0.1, 0.15) is 12.2 Å². The Hall–Kier alpha value is -1.43. The van der Waals surface area contributed by atoms with Gasteiger partial charge in [0.05, 0.1) is 0 Å². The van der Waals surface area contributed by atoms with Gasteiger partial charge in [-0.1, -0.05) is 0 Å². The van der Waals surface area contributed by atoms with Gasteiger partial charge in [0.2, 0.25) is 5.91 Å². The number of carbonyl (C=O) groups excluding carboxylic acids is 1. The van der Waals surface area contributed by atoms with E-state index in [0.717, 1.165) is 18.7 Å². The van der Waals surface area contributed by atoms with E-state index in [1.54, 1.807) is 6.33 Å². The van der Waals surface area contributed by atoms with Crippen LogP contribution >= 0.6 is 0 Å². The standard InChI is InChI=1S/C10H19N5O/c1-15-8-13-14-9(15)5-7-12-10(16)4-2-3-6-11/h8H,2-7,11H2,1H3,(H,12,16). The molecule has 0 radical (unpaired) electrons. The number of carbonyl (C=O) groups is 1. The van der Waals surface area contributed by atoms with Crippen molar-refractivity contribution in [2.24, 2.45) is 12.8 Å². The maximum absolute atomic E-state index is 11.3. The van der Waals surface area contributed by atoms with E-state index >= 15 is 0 Å². The monoisotopic (exact) mass is 225 g/mol. The SMILES string of the molecule is Cn1cnnc1CCNC(=O)CCCCN. The summed E-state index contributed by atoms with van der Waals surface area (Å²) in [5.74, 6) is 0.956. The van der Waals surface area contributed by atoms with Crippen molar-refractivity contribution >= 4 is 5.91 Å². The van der Waals surface area contributed by atoms with Gasteiger partial charge in [-0.25, -0.2) is 0 Å². The van der Waals surface area contributed by atoms with Crippen molar-refractivity contribution in [2.75, 3.05) is 13.1 Å². The highest BCUT2D eigenvalue weighted by Gasteiger charge is 2.03. The lowest BCUT2D eigenvalue weighted by atomic mass is 10.2. The molecule has 16 heavy (non-hydrogen) atoms.